The molecule has 1 aromatic carbocycles. The third-order valence-corrected chi connectivity index (χ3v) is 2.57. The SMILES string of the molecule is [2H]c1cc2ncccc2c2nc(N)n(C)c12. The Morgan fingerprint density at radius 2 is 2.33 bits per heavy atom. The van der Waals surface area contributed by atoms with E-state index in [1.54, 1.807) is 16.8 Å². The zero-order valence-corrected chi connectivity index (χ0v) is 8.23. The van der Waals surface area contributed by atoms with Gasteiger partial charge >= 0.3 is 0 Å². The van der Waals surface area contributed by atoms with Crippen LogP contribution in [0.25, 0.3) is 21.9 Å². The number of nitrogen functional groups attached to an aromatic ring is 1. The Labute approximate surface area is 87.8 Å². The fourth-order valence-corrected chi connectivity index (χ4v) is 1.74. The Kier molecular flexibility index (Phi) is 1.30. The van der Waals surface area contributed by atoms with Crippen molar-refractivity contribution in [3.05, 3.63) is 30.4 Å². The van der Waals surface area contributed by atoms with Crippen LogP contribution < -0.4 is 5.73 Å². The normalized spacial score (nSPS) is 12.2. The van der Waals surface area contributed by atoms with Crippen molar-refractivity contribution in [1.29, 1.82) is 0 Å². The summed E-state index contributed by atoms with van der Waals surface area (Å²) in [6.45, 7) is 0. The second-order valence-electron chi connectivity index (χ2n) is 3.45. The van der Waals surface area contributed by atoms with E-state index < -0.39 is 0 Å². The van der Waals surface area contributed by atoms with Crippen LogP contribution in [0, 0.1) is 0 Å². The lowest BCUT2D eigenvalue weighted by atomic mass is 10.2. The number of hydrogen-bond acceptors (Lipinski definition) is 3. The molecule has 2 N–H and O–H groups in total. The lowest BCUT2D eigenvalue weighted by Crippen LogP contribution is -1.95. The van der Waals surface area contributed by atoms with E-state index in [4.69, 9.17) is 7.10 Å². The van der Waals surface area contributed by atoms with Gasteiger partial charge in [-0.1, -0.05) is 0 Å². The van der Waals surface area contributed by atoms with Crippen LogP contribution in [0.1, 0.15) is 1.37 Å². The summed E-state index contributed by atoms with van der Waals surface area (Å²) >= 11 is 0. The predicted molar refractivity (Wildman–Crippen MR) is 60.4 cm³/mol. The van der Waals surface area contributed by atoms with Gasteiger partial charge in [0, 0.05) is 18.6 Å². The number of aromatic nitrogens is 3. The maximum absolute atomic E-state index is 7.94. The van der Waals surface area contributed by atoms with Crippen LogP contribution in [0.5, 0.6) is 0 Å². The molecule has 0 radical (unpaired) electrons. The molecule has 2 heterocycles. The highest BCUT2D eigenvalue weighted by Gasteiger charge is 2.07. The van der Waals surface area contributed by atoms with Crippen LogP contribution in [0.4, 0.5) is 5.95 Å². The maximum atomic E-state index is 7.94. The molecule has 0 fully saturated rings. The van der Waals surface area contributed by atoms with Crippen molar-refractivity contribution < 1.29 is 1.37 Å². The number of pyridine rings is 1. The van der Waals surface area contributed by atoms with E-state index in [1.165, 1.54) is 0 Å². The summed E-state index contributed by atoms with van der Waals surface area (Å²) in [5.74, 6) is 0.417. The number of fused-ring (bicyclic) bond motifs is 3. The molecule has 0 spiro atoms. The Bertz CT molecular complexity index is 702. The lowest BCUT2D eigenvalue weighted by molar-refractivity contribution is 0.965. The minimum atomic E-state index is 0.396. The largest absolute Gasteiger partial charge is 0.369 e. The summed E-state index contributed by atoms with van der Waals surface area (Å²) in [5.41, 5.74) is 8.03. The van der Waals surface area contributed by atoms with Crippen LogP contribution in [-0.2, 0) is 7.05 Å². The number of rotatable bonds is 0. The molecule has 0 aliphatic carbocycles. The van der Waals surface area contributed by atoms with Gasteiger partial charge in [0.1, 0.15) is 5.52 Å². The molecule has 0 bridgehead atoms. The summed E-state index contributed by atoms with van der Waals surface area (Å²) in [7, 11) is 1.81. The van der Waals surface area contributed by atoms with E-state index >= 15 is 0 Å². The van der Waals surface area contributed by atoms with Gasteiger partial charge in [0.05, 0.1) is 12.4 Å². The minimum absolute atomic E-state index is 0.396. The number of benzene rings is 1. The molecule has 15 heavy (non-hydrogen) atoms. The van der Waals surface area contributed by atoms with Crippen molar-refractivity contribution in [1.82, 2.24) is 14.5 Å². The standard InChI is InChI=1S/C11H10N4/c1-15-9-5-4-8-7(3-2-6-13-8)10(9)14-11(15)12/h2-6H,1H3,(H2,12,14)/i5D. The Morgan fingerprint density at radius 3 is 3.20 bits per heavy atom. The molecular formula is C11H10N4. The smallest absolute Gasteiger partial charge is 0.200 e. The van der Waals surface area contributed by atoms with Crippen LogP contribution in [0.15, 0.2) is 30.4 Å². The highest BCUT2D eigenvalue weighted by Crippen LogP contribution is 2.24. The molecule has 74 valence electrons. The summed E-state index contributed by atoms with van der Waals surface area (Å²) in [4.78, 5) is 8.50. The second-order valence-corrected chi connectivity index (χ2v) is 3.45. The van der Waals surface area contributed by atoms with Crippen molar-refractivity contribution in [3.63, 3.8) is 0 Å². The first kappa shape index (κ1) is 7.23. The molecule has 3 rings (SSSR count). The predicted octanol–water partition coefficient (Wildman–Crippen LogP) is 1.70. The van der Waals surface area contributed by atoms with Gasteiger partial charge in [0.2, 0.25) is 5.95 Å². The fourth-order valence-electron chi connectivity index (χ4n) is 1.74. The molecule has 4 nitrogen and oxygen atoms in total. The van der Waals surface area contributed by atoms with Crippen molar-refractivity contribution in [3.8, 4) is 0 Å². The summed E-state index contributed by atoms with van der Waals surface area (Å²) in [5, 5.41) is 0.931. The Morgan fingerprint density at radius 1 is 1.47 bits per heavy atom. The quantitative estimate of drug-likeness (QED) is 0.599. The molecule has 4 heteroatoms. The van der Waals surface area contributed by atoms with Gasteiger partial charge in [-0.2, -0.15) is 0 Å². The van der Waals surface area contributed by atoms with Crippen LogP contribution in [0.2, 0.25) is 0 Å². The van der Waals surface area contributed by atoms with Gasteiger partial charge in [-0.25, -0.2) is 4.98 Å². The molecule has 3 aromatic rings. The van der Waals surface area contributed by atoms with Gasteiger partial charge in [-0.05, 0) is 24.2 Å². The Balaban J connectivity index is 2.65. The molecule has 0 aliphatic rings. The molecule has 0 aliphatic heterocycles. The number of hydrogen-bond donors (Lipinski definition) is 1. The van der Waals surface area contributed by atoms with Gasteiger partial charge < -0.3 is 10.3 Å². The zero-order chi connectivity index (χ0) is 11.3. The summed E-state index contributed by atoms with van der Waals surface area (Å²) in [6, 6.07) is 5.93. The molecule has 0 saturated heterocycles. The van der Waals surface area contributed by atoms with Crippen molar-refractivity contribution >= 4 is 27.9 Å². The average Bonchev–Trinajstić information content (AvgIpc) is 2.57. The first-order valence-corrected chi connectivity index (χ1v) is 4.64. The number of nitrogens with zero attached hydrogens (tertiary/aromatic N) is 3. The molecule has 0 unspecified atom stereocenters. The van der Waals surface area contributed by atoms with Crippen LogP contribution in [-0.4, -0.2) is 14.5 Å². The lowest BCUT2D eigenvalue weighted by Gasteiger charge is -1.98. The highest BCUT2D eigenvalue weighted by molar-refractivity contribution is 6.03. The number of nitrogens with two attached hydrogens (primary N) is 1. The second kappa shape index (κ2) is 2.70. The summed E-state index contributed by atoms with van der Waals surface area (Å²) in [6.07, 6.45) is 1.71. The maximum Gasteiger partial charge on any atom is 0.200 e. The van der Waals surface area contributed by atoms with Gasteiger partial charge in [0.25, 0.3) is 0 Å². The third kappa shape index (κ3) is 1.01. The molecule has 0 saturated carbocycles. The monoisotopic (exact) mass is 199 g/mol. The van der Waals surface area contributed by atoms with E-state index in [0.29, 0.717) is 12.0 Å². The first-order valence-electron chi connectivity index (χ1n) is 5.14. The van der Waals surface area contributed by atoms with Gasteiger partial charge in [-0.3, -0.25) is 4.98 Å². The van der Waals surface area contributed by atoms with E-state index in [0.717, 1.165) is 21.9 Å². The van der Waals surface area contributed by atoms with E-state index in [9.17, 15) is 0 Å². The molecule has 0 amide bonds. The number of imidazole rings is 1. The van der Waals surface area contributed by atoms with Gasteiger partial charge in [0.15, 0.2) is 0 Å². The number of aryl methyl sites for hydroxylation is 1. The van der Waals surface area contributed by atoms with Crippen LogP contribution in [0.3, 0.4) is 0 Å². The Hall–Kier alpha value is -2.10. The zero-order valence-electron chi connectivity index (χ0n) is 9.23. The average molecular weight is 199 g/mol. The van der Waals surface area contributed by atoms with E-state index in [-0.39, 0.29) is 0 Å². The van der Waals surface area contributed by atoms with Gasteiger partial charge in [-0.15, -0.1) is 0 Å². The minimum Gasteiger partial charge on any atom is -0.369 e. The third-order valence-electron chi connectivity index (χ3n) is 2.57. The fraction of sp³-hybridized carbons (Fsp3) is 0.0909. The molecule has 2 aromatic heterocycles. The summed E-state index contributed by atoms with van der Waals surface area (Å²) < 4.78 is 9.67. The highest BCUT2D eigenvalue weighted by atomic mass is 15.1. The van der Waals surface area contributed by atoms with Crippen molar-refractivity contribution in [2.45, 2.75) is 0 Å². The topological polar surface area (TPSA) is 56.7 Å². The van der Waals surface area contributed by atoms with Crippen molar-refractivity contribution in [2.24, 2.45) is 7.05 Å². The molecule has 0 atom stereocenters. The van der Waals surface area contributed by atoms with Crippen molar-refractivity contribution in [2.75, 3.05) is 5.73 Å². The first-order chi connectivity index (χ1) is 7.68. The number of anilines is 1. The van der Waals surface area contributed by atoms with Crippen LogP contribution >= 0.6 is 0 Å². The van der Waals surface area contributed by atoms with E-state index in [2.05, 4.69) is 9.97 Å². The van der Waals surface area contributed by atoms with E-state index in [1.807, 2.05) is 19.2 Å². The molecular weight excluding hydrogens is 188 g/mol.